The van der Waals surface area contributed by atoms with Gasteiger partial charge in [-0.25, -0.2) is 0 Å². The van der Waals surface area contributed by atoms with Gasteiger partial charge in [0.05, 0.1) is 0 Å². The Balaban J connectivity index is 2.90. The Morgan fingerprint density at radius 1 is 1.00 bits per heavy atom. The average molecular weight is 247 g/mol. The van der Waals surface area contributed by atoms with Gasteiger partial charge in [-0.05, 0) is 62.8 Å². The van der Waals surface area contributed by atoms with Crippen LogP contribution in [0.4, 0.5) is 5.69 Å². The zero-order valence-corrected chi connectivity index (χ0v) is 13.2. The van der Waals surface area contributed by atoms with Crippen molar-refractivity contribution in [3.8, 4) is 0 Å². The van der Waals surface area contributed by atoms with Crippen LogP contribution < -0.4 is 4.90 Å². The van der Waals surface area contributed by atoms with Crippen LogP contribution in [-0.2, 0) is 0 Å². The molecular formula is C17H29N. The molecule has 0 amide bonds. The predicted octanol–water partition coefficient (Wildman–Crippen LogP) is 4.95. The Morgan fingerprint density at radius 3 is 1.89 bits per heavy atom. The van der Waals surface area contributed by atoms with Gasteiger partial charge in [-0.15, -0.1) is 0 Å². The summed E-state index contributed by atoms with van der Waals surface area (Å²) in [5.74, 6) is 0. The van der Waals surface area contributed by atoms with Crippen molar-refractivity contribution in [1.82, 2.24) is 0 Å². The van der Waals surface area contributed by atoms with Crippen molar-refractivity contribution in [1.29, 1.82) is 0 Å². The topological polar surface area (TPSA) is 3.24 Å². The van der Waals surface area contributed by atoms with Crippen molar-refractivity contribution in [2.75, 3.05) is 11.4 Å². The van der Waals surface area contributed by atoms with Crippen molar-refractivity contribution in [3.05, 3.63) is 29.3 Å². The summed E-state index contributed by atoms with van der Waals surface area (Å²) < 4.78 is 0. The lowest BCUT2D eigenvalue weighted by Gasteiger charge is -2.32. The Labute approximate surface area is 113 Å². The second-order valence-electron chi connectivity index (χ2n) is 6.94. The summed E-state index contributed by atoms with van der Waals surface area (Å²) in [5, 5.41) is 0. The number of hydrogen-bond acceptors (Lipinski definition) is 1. The van der Waals surface area contributed by atoms with Gasteiger partial charge in [-0.3, -0.25) is 0 Å². The monoisotopic (exact) mass is 247 g/mol. The van der Waals surface area contributed by atoms with Crippen LogP contribution in [0.1, 0.15) is 52.2 Å². The molecule has 0 aliphatic heterocycles. The first-order valence-corrected chi connectivity index (χ1v) is 7.04. The Hall–Kier alpha value is -0.980. The first-order valence-electron chi connectivity index (χ1n) is 7.04. The Bertz CT molecular complexity index is 365. The molecule has 0 N–H and O–H groups in total. The summed E-state index contributed by atoms with van der Waals surface area (Å²) in [6.45, 7) is 17.0. The van der Waals surface area contributed by atoms with E-state index in [1.54, 1.807) is 0 Å². The molecule has 0 atom stereocenters. The summed E-state index contributed by atoms with van der Waals surface area (Å²) in [7, 11) is 0. The molecule has 0 spiro atoms. The lowest BCUT2D eigenvalue weighted by atomic mass is 9.92. The quantitative estimate of drug-likeness (QED) is 0.727. The molecule has 1 rings (SSSR count). The number of hydrogen-bond donors (Lipinski definition) is 0. The maximum atomic E-state index is 2.52. The van der Waals surface area contributed by atoms with Crippen LogP contribution in [0.2, 0.25) is 0 Å². The number of nitrogens with zero attached hydrogens (tertiary/aromatic N) is 1. The molecule has 1 nitrogen and oxygen atoms in total. The van der Waals surface area contributed by atoms with Crippen LogP contribution in [0.5, 0.6) is 0 Å². The summed E-state index contributed by atoms with van der Waals surface area (Å²) in [6.07, 6.45) is 1.22. The normalized spacial score (nSPS) is 12.0. The molecule has 18 heavy (non-hydrogen) atoms. The lowest BCUT2D eigenvalue weighted by Crippen LogP contribution is -2.33. The summed E-state index contributed by atoms with van der Waals surface area (Å²) in [6, 6.07) is 7.39. The minimum absolute atomic E-state index is 0.395. The van der Waals surface area contributed by atoms with Crippen LogP contribution in [0.25, 0.3) is 0 Å². The van der Waals surface area contributed by atoms with Gasteiger partial charge >= 0.3 is 0 Å². The van der Waals surface area contributed by atoms with E-state index in [1.807, 2.05) is 0 Å². The van der Waals surface area contributed by atoms with E-state index in [2.05, 4.69) is 71.6 Å². The second kappa shape index (κ2) is 5.77. The third-order valence-electron chi connectivity index (χ3n) is 3.26. The molecule has 1 aromatic carbocycles. The van der Waals surface area contributed by atoms with E-state index < -0.39 is 0 Å². The maximum absolute atomic E-state index is 2.52. The predicted molar refractivity (Wildman–Crippen MR) is 82.5 cm³/mol. The van der Waals surface area contributed by atoms with Crippen molar-refractivity contribution >= 4 is 5.69 Å². The van der Waals surface area contributed by atoms with Crippen molar-refractivity contribution in [2.45, 2.75) is 60.9 Å². The molecule has 0 fully saturated rings. The molecule has 0 bridgehead atoms. The second-order valence-corrected chi connectivity index (χ2v) is 6.94. The largest absolute Gasteiger partial charge is 0.369 e. The van der Waals surface area contributed by atoms with Gasteiger partial charge < -0.3 is 4.90 Å². The smallest absolute Gasteiger partial charge is 0.0373 e. The molecule has 0 aliphatic rings. The fourth-order valence-corrected chi connectivity index (χ4v) is 2.26. The van der Waals surface area contributed by atoms with Gasteiger partial charge in [-0.2, -0.15) is 0 Å². The molecule has 102 valence electrons. The van der Waals surface area contributed by atoms with Gasteiger partial charge in [0.2, 0.25) is 0 Å². The maximum Gasteiger partial charge on any atom is 0.0373 e. The van der Waals surface area contributed by atoms with E-state index in [9.17, 15) is 0 Å². The van der Waals surface area contributed by atoms with Gasteiger partial charge in [0.1, 0.15) is 0 Å². The standard InChI is InChI=1S/C17H29N/c1-13(2)18(9-8-17(5,6)7)16-11-14(3)10-15(4)12-16/h10-13H,8-9H2,1-7H3. The molecule has 0 aliphatic carbocycles. The number of rotatable bonds is 4. The fraction of sp³-hybridized carbons (Fsp3) is 0.647. The fourth-order valence-electron chi connectivity index (χ4n) is 2.26. The van der Waals surface area contributed by atoms with Gasteiger partial charge in [0.15, 0.2) is 0 Å². The number of benzene rings is 1. The van der Waals surface area contributed by atoms with Crippen LogP contribution in [0.3, 0.4) is 0 Å². The molecule has 0 aromatic heterocycles. The molecule has 1 heteroatoms. The molecular weight excluding hydrogens is 218 g/mol. The Morgan fingerprint density at radius 2 is 1.50 bits per heavy atom. The van der Waals surface area contributed by atoms with E-state index in [0.717, 1.165) is 6.54 Å². The molecule has 0 radical (unpaired) electrons. The molecule has 0 saturated heterocycles. The molecule has 0 saturated carbocycles. The molecule has 0 heterocycles. The highest BCUT2D eigenvalue weighted by atomic mass is 15.1. The third-order valence-corrected chi connectivity index (χ3v) is 3.26. The van der Waals surface area contributed by atoms with E-state index in [0.29, 0.717) is 11.5 Å². The molecule has 0 unspecified atom stereocenters. The van der Waals surface area contributed by atoms with Gasteiger partial charge in [0, 0.05) is 18.3 Å². The highest BCUT2D eigenvalue weighted by Crippen LogP contribution is 2.25. The van der Waals surface area contributed by atoms with Gasteiger partial charge in [0.25, 0.3) is 0 Å². The first-order chi connectivity index (χ1) is 8.19. The highest BCUT2D eigenvalue weighted by molar-refractivity contribution is 5.51. The van der Waals surface area contributed by atoms with Crippen LogP contribution >= 0.6 is 0 Å². The van der Waals surface area contributed by atoms with E-state index in [4.69, 9.17) is 0 Å². The minimum Gasteiger partial charge on any atom is -0.369 e. The molecule has 1 aromatic rings. The Kier molecular flexibility index (Phi) is 4.84. The lowest BCUT2D eigenvalue weighted by molar-refractivity contribution is 0.374. The van der Waals surface area contributed by atoms with Crippen molar-refractivity contribution < 1.29 is 0 Å². The van der Waals surface area contributed by atoms with E-state index >= 15 is 0 Å². The minimum atomic E-state index is 0.395. The van der Waals surface area contributed by atoms with E-state index in [1.165, 1.54) is 23.2 Å². The highest BCUT2D eigenvalue weighted by Gasteiger charge is 2.16. The van der Waals surface area contributed by atoms with E-state index in [-0.39, 0.29) is 0 Å². The SMILES string of the molecule is Cc1cc(C)cc(N(CCC(C)(C)C)C(C)C)c1. The zero-order valence-electron chi connectivity index (χ0n) is 13.2. The van der Waals surface area contributed by atoms with Crippen LogP contribution in [0, 0.1) is 19.3 Å². The average Bonchev–Trinajstić information content (AvgIpc) is 2.13. The van der Waals surface area contributed by atoms with Crippen LogP contribution in [0.15, 0.2) is 18.2 Å². The summed E-state index contributed by atoms with van der Waals surface area (Å²) in [5.41, 5.74) is 4.47. The zero-order chi connectivity index (χ0) is 13.9. The summed E-state index contributed by atoms with van der Waals surface area (Å²) >= 11 is 0. The van der Waals surface area contributed by atoms with Gasteiger partial charge in [-0.1, -0.05) is 26.8 Å². The van der Waals surface area contributed by atoms with Crippen molar-refractivity contribution in [2.24, 2.45) is 5.41 Å². The summed E-state index contributed by atoms with van der Waals surface area (Å²) in [4.78, 5) is 2.52. The van der Waals surface area contributed by atoms with Crippen LogP contribution in [-0.4, -0.2) is 12.6 Å². The number of aryl methyl sites for hydroxylation is 2. The first kappa shape index (κ1) is 15.1. The third kappa shape index (κ3) is 4.72. The number of anilines is 1. The van der Waals surface area contributed by atoms with Crippen molar-refractivity contribution in [3.63, 3.8) is 0 Å².